The summed E-state index contributed by atoms with van der Waals surface area (Å²) in [5.41, 5.74) is 4.93. The van der Waals surface area contributed by atoms with Gasteiger partial charge in [0.25, 0.3) is 0 Å². The first-order valence-electron chi connectivity index (χ1n) is 11.4. The van der Waals surface area contributed by atoms with Crippen LogP contribution in [0.2, 0.25) is 0 Å². The Morgan fingerprint density at radius 2 is 1.38 bits per heavy atom. The molecular weight excluding hydrogens is 392 g/mol. The van der Waals surface area contributed by atoms with Crippen LogP contribution in [0, 0.1) is 0 Å². The molecule has 0 saturated heterocycles. The summed E-state index contributed by atoms with van der Waals surface area (Å²) in [6, 6.07) is 30.1. The topological polar surface area (TPSA) is 37.3 Å². The van der Waals surface area contributed by atoms with Gasteiger partial charge in [-0.1, -0.05) is 84.9 Å². The Balaban J connectivity index is 1.58. The number of fused-ring (bicyclic) bond motifs is 6. The second-order valence-electron chi connectivity index (χ2n) is 8.88. The lowest BCUT2D eigenvalue weighted by atomic mass is 9.75. The van der Waals surface area contributed by atoms with Crippen molar-refractivity contribution < 1.29 is 9.90 Å². The molecule has 0 radical (unpaired) electrons. The number of aliphatic carboxylic acids is 1. The zero-order chi connectivity index (χ0) is 21.7. The average Bonchev–Trinajstić information content (AvgIpc) is 2.83. The van der Waals surface area contributed by atoms with Gasteiger partial charge in [-0.05, 0) is 73.8 Å². The van der Waals surface area contributed by atoms with Gasteiger partial charge in [-0.3, -0.25) is 4.79 Å². The van der Waals surface area contributed by atoms with Crippen molar-refractivity contribution in [3.63, 3.8) is 0 Å². The first-order chi connectivity index (χ1) is 15.7. The molecule has 0 spiro atoms. The molecule has 0 saturated carbocycles. The van der Waals surface area contributed by atoms with Gasteiger partial charge in [0.15, 0.2) is 0 Å². The summed E-state index contributed by atoms with van der Waals surface area (Å²) in [6.07, 6.45) is 3.30. The van der Waals surface area contributed by atoms with Crippen molar-refractivity contribution >= 4 is 38.3 Å². The van der Waals surface area contributed by atoms with Gasteiger partial charge < -0.3 is 5.11 Å². The third-order valence-corrected chi connectivity index (χ3v) is 7.15. The minimum absolute atomic E-state index is 0.0563. The second-order valence-corrected chi connectivity index (χ2v) is 8.88. The molecule has 0 amide bonds. The van der Waals surface area contributed by atoms with E-state index in [0.29, 0.717) is 0 Å². The van der Waals surface area contributed by atoms with E-state index in [4.69, 9.17) is 0 Å². The predicted octanol–water partition coefficient (Wildman–Crippen LogP) is 7.24. The predicted molar refractivity (Wildman–Crippen MR) is 132 cm³/mol. The van der Waals surface area contributed by atoms with Crippen molar-refractivity contribution in [2.24, 2.45) is 0 Å². The number of aryl methyl sites for hydroxylation is 1. The third-order valence-electron chi connectivity index (χ3n) is 7.15. The quantitative estimate of drug-likeness (QED) is 0.315. The minimum atomic E-state index is -0.774. The van der Waals surface area contributed by atoms with Gasteiger partial charge >= 0.3 is 5.97 Å². The standard InChI is InChI=1S/C30H24O2/c31-30(32)18-29-22-9-4-2-7-20(22)13-15-28(29)24-11-5-10-23-26-14-12-19-6-1-3-8-21(19)25(26)16-17-27(23)24/h1-4,6-9,12-17,24H,5,10-11,18H2,(H,31,32). The normalized spacial score (nSPS) is 15.8. The third kappa shape index (κ3) is 2.98. The van der Waals surface area contributed by atoms with E-state index in [1.165, 1.54) is 38.2 Å². The zero-order valence-corrected chi connectivity index (χ0v) is 17.8. The Bertz CT molecular complexity index is 1510. The summed E-state index contributed by atoms with van der Waals surface area (Å²) in [7, 11) is 0. The van der Waals surface area contributed by atoms with Gasteiger partial charge in [0.1, 0.15) is 0 Å². The second kappa shape index (κ2) is 7.49. The monoisotopic (exact) mass is 416 g/mol. The first kappa shape index (κ1) is 19.1. The van der Waals surface area contributed by atoms with Crippen molar-refractivity contribution in [3.05, 3.63) is 107 Å². The number of hydrogen-bond donors (Lipinski definition) is 1. The van der Waals surface area contributed by atoms with Crippen molar-refractivity contribution in [2.75, 3.05) is 0 Å². The smallest absolute Gasteiger partial charge is 0.307 e. The lowest BCUT2D eigenvalue weighted by Crippen LogP contribution is -2.15. The highest BCUT2D eigenvalue weighted by Gasteiger charge is 2.26. The molecule has 0 aromatic heterocycles. The highest BCUT2D eigenvalue weighted by atomic mass is 16.4. The Hall–Kier alpha value is -3.65. The lowest BCUT2D eigenvalue weighted by Gasteiger charge is -2.29. The van der Waals surface area contributed by atoms with Crippen LogP contribution in [0.3, 0.4) is 0 Å². The fraction of sp³-hybridized carbons (Fsp3) is 0.167. The Labute approximate surface area is 187 Å². The molecule has 1 N–H and O–H groups in total. The van der Waals surface area contributed by atoms with Crippen molar-refractivity contribution in [2.45, 2.75) is 31.6 Å². The largest absolute Gasteiger partial charge is 0.481 e. The van der Waals surface area contributed by atoms with Crippen LogP contribution in [-0.2, 0) is 17.6 Å². The van der Waals surface area contributed by atoms with Crippen molar-refractivity contribution in [1.29, 1.82) is 0 Å². The summed E-state index contributed by atoms with van der Waals surface area (Å²) in [5, 5.41) is 17.1. The first-order valence-corrected chi connectivity index (χ1v) is 11.4. The fourth-order valence-electron chi connectivity index (χ4n) is 5.76. The highest BCUT2D eigenvalue weighted by Crippen LogP contribution is 2.43. The fourth-order valence-corrected chi connectivity index (χ4v) is 5.76. The van der Waals surface area contributed by atoms with Crippen LogP contribution < -0.4 is 0 Å². The molecule has 6 rings (SSSR count). The molecule has 1 aliphatic rings. The number of rotatable bonds is 3. The molecule has 32 heavy (non-hydrogen) atoms. The van der Waals surface area contributed by atoms with E-state index in [-0.39, 0.29) is 12.3 Å². The van der Waals surface area contributed by atoms with E-state index in [1.807, 2.05) is 12.1 Å². The number of carbonyl (C=O) groups is 1. The summed E-state index contributed by atoms with van der Waals surface area (Å²) < 4.78 is 0. The Morgan fingerprint density at radius 1 is 0.719 bits per heavy atom. The molecular formula is C30H24O2. The van der Waals surface area contributed by atoms with Crippen LogP contribution in [0.5, 0.6) is 0 Å². The van der Waals surface area contributed by atoms with E-state index < -0.39 is 5.97 Å². The van der Waals surface area contributed by atoms with E-state index >= 15 is 0 Å². The molecule has 1 aliphatic carbocycles. The number of benzene rings is 5. The number of carboxylic acid groups (broad SMARTS) is 1. The highest BCUT2D eigenvalue weighted by molar-refractivity contribution is 6.08. The summed E-state index contributed by atoms with van der Waals surface area (Å²) >= 11 is 0. The molecule has 1 unspecified atom stereocenters. The van der Waals surface area contributed by atoms with E-state index in [9.17, 15) is 9.90 Å². The maximum absolute atomic E-state index is 11.8. The molecule has 0 heterocycles. The summed E-state index contributed by atoms with van der Waals surface area (Å²) in [4.78, 5) is 11.8. The Morgan fingerprint density at radius 3 is 2.19 bits per heavy atom. The molecule has 5 aromatic carbocycles. The lowest BCUT2D eigenvalue weighted by molar-refractivity contribution is -0.136. The van der Waals surface area contributed by atoms with Crippen molar-refractivity contribution in [3.8, 4) is 0 Å². The molecule has 1 atom stereocenters. The van der Waals surface area contributed by atoms with E-state index in [2.05, 4.69) is 72.8 Å². The van der Waals surface area contributed by atoms with E-state index in [1.54, 1.807) is 0 Å². The van der Waals surface area contributed by atoms with Crippen LogP contribution in [0.25, 0.3) is 32.3 Å². The van der Waals surface area contributed by atoms with Gasteiger partial charge in [-0.15, -0.1) is 0 Å². The Kier molecular flexibility index (Phi) is 4.46. The van der Waals surface area contributed by atoms with Crippen LogP contribution >= 0.6 is 0 Å². The number of carboxylic acids is 1. The maximum atomic E-state index is 11.8. The van der Waals surface area contributed by atoms with Gasteiger partial charge in [0.2, 0.25) is 0 Å². The molecule has 2 heteroatoms. The molecule has 2 nitrogen and oxygen atoms in total. The van der Waals surface area contributed by atoms with Gasteiger partial charge in [0.05, 0.1) is 6.42 Å². The minimum Gasteiger partial charge on any atom is -0.481 e. The number of hydrogen-bond acceptors (Lipinski definition) is 1. The van der Waals surface area contributed by atoms with Crippen molar-refractivity contribution in [1.82, 2.24) is 0 Å². The molecule has 0 aliphatic heterocycles. The maximum Gasteiger partial charge on any atom is 0.307 e. The van der Waals surface area contributed by atoms with Gasteiger partial charge in [-0.2, -0.15) is 0 Å². The molecule has 5 aromatic rings. The molecule has 0 fully saturated rings. The zero-order valence-electron chi connectivity index (χ0n) is 17.8. The van der Waals surface area contributed by atoms with Crippen LogP contribution in [0.15, 0.2) is 84.9 Å². The SMILES string of the molecule is O=C(O)Cc1c(C2CCCc3c2ccc2c3ccc3ccccc32)ccc2ccccc12. The van der Waals surface area contributed by atoms with Crippen LogP contribution in [-0.4, -0.2) is 11.1 Å². The van der Waals surface area contributed by atoms with Gasteiger partial charge in [-0.25, -0.2) is 0 Å². The molecule has 0 bridgehead atoms. The summed E-state index contributed by atoms with van der Waals surface area (Å²) in [6.45, 7) is 0. The van der Waals surface area contributed by atoms with Gasteiger partial charge in [0, 0.05) is 5.92 Å². The van der Waals surface area contributed by atoms with E-state index in [0.717, 1.165) is 35.6 Å². The van der Waals surface area contributed by atoms with Crippen LogP contribution in [0.4, 0.5) is 0 Å². The van der Waals surface area contributed by atoms with Crippen LogP contribution in [0.1, 0.15) is 41.0 Å². The summed E-state index contributed by atoms with van der Waals surface area (Å²) in [5.74, 6) is -0.544. The molecule has 156 valence electrons. The average molecular weight is 417 g/mol.